The number of benzene rings is 1. The summed E-state index contributed by atoms with van der Waals surface area (Å²) in [6.07, 6.45) is 11.6. The number of amidine groups is 1. The highest BCUT2D eigenvalue weighted by atomic mass is 35.5. The molecule has 7 nitrogen and oxygen atoms in total. The number of halogens is 1. The monoisotopic (exact) mass is 596 g/mol. The minimum Gasteiger partial charge on any atom is -0.493 e. The van der Waals surface area contributed by atoms with E-state index in [4.69, 9.17) is 21.1 Å². The normalized spacial score (nSPS) is 16.0. The third kappa shape index (κ3) is 8.36. The molecule has 0 spiro atoms. The Bertz CT molecular complexity index is 1290. The van der Waals surface area contributed by atoms with E-state index < -0.39 is 10.0 Å². The summed E-state index contributed by atoms with van der Waals surface area (Å²) in [5.41, 5.74) is 0.716. The van der Waals surface area contributed by atoms with Crippen molar-refractivity contribution in [1.82, 2.24) is 4.90 Å². The highest BCUT2D eigenvalue weighted by Crippen LogP contribution is 2.36. The van der Waals surface area contributed by atoms with Crippen molar-refractivity contribution in [2.75, 3.05) is 20.3 Å². The molecule has 1 fully saturated rings. The molecule has 3 rings (SSSR count). The molecule has 0 atom stereocenters. The minimum atomic E-state index is -4.02. The highest BCUT2D eigenvalue weighted by molar-refractivity contribution is 8.19. The number of hydrogen-bond donors (Lipinski definition) is 0. The van der Waals surface area contributed by atoms with Crippen LogP contribution in [-0.2, 0) is 14.8 Å². The Morgan fingerprint density at radius 3 is 2.47 bits per heavy atom. The molecule has 0 radical (unpaired) electrons. The van der Waals surface area contributed by atoms with E-state index in [1.165, 1.54) is 55.2 Å². The van der Waals surface area contributed by atoms with Crippen LogP contribution in [-0.4, -0.2) is 44.7 Å². The lowest BCUT2D eigenvalue weighted by atomic mass is 10.1. The number of unbranched alkanes of at least 4 members (excludes halogenated alkanes) is 6. The van der Waals surface area contributed by atoms with Gasteiger partial charge in [-0.15, -0.1) is 22.3 Å². The molecule has 0 bridgehead atoms. The molecule has 11 heteroatoms. The lowest BCUT2D eigenvalue weighted by Crippen LogP contribution is -2.29. The van der Waals surface area contributed by atoms with Crippen LogP contribution < -0.4 is 9.47 Å². The summed E-state index contributed by atoms with van der Waals surface area (Å²) in [5, 5.41) is 0.0623. The van der Waals surface area contributed by atoms with E-state index in [-0.39, 0.29) is 21.8 Å². The summed E-state index contributed by atoms with van der Waals surface area (Å²) in [4.78, 5) is 14.7. The maximum absolute atomic E-state index is 13.1. The SMILES string of the molecule is C=CCN1C(=O)C(=Cc2ccc(OCCCCCCCCC)c(OC)c2)SC1=NS(=O)(=O)c1ccc(Cl)s1. The predicted octanol–water partition coefficient (Wildman–Crippen LogP) is 7.39. The Balaban J connectivity index is 1.71. The molecule has 0 aliphatic carbocycles. The van der Waals surface area contributed by atoms with Crippen LogP contribution in [0.2, 0.25) is 4.34 Å². The minimum absolute atomic E-state index is 0.0100. The number of rotatable bonds is 15. The summed E-state index contributed by atoms with van der Waals surface area (Å²) in [5.74, 6) is 0.847. The van der Waals surface area contributed by atoms with Crippen molar-refractivity contribution in [3.05, 3.63) is 57.8 Å². The molecule has 206 valence electrons. The van der Waals surface area contributed by atoms with Crippen LogP contribution in [0.1, 0.15) is 57.4 Å². The van der Waals surface area contributed by atoms with Gasteiger partial charge in [0.05, 0.1) is 23.0 Å². The van der Waals surface area contributed by atoms with Crippen LogP contribution in [0.25, 0.3) is 6.08 Å². The number of thiophene rings is 1. The zero-order valence-electron chi connectivity index (χ0n) is 21.7. The van der Waals surface area contributed by atoms with E-state index in [0.29, 0.717) is 32.9 Å². The molecule has 1 aliphatic rings. The lowest BCUT2D eigenvalue weighted by Gasteiger charge is -2.12. The topological polar surface area (TPSA) is 85.3 Å². The molecule has 0 saturated carbocycles. The van der Waals surface area contributed by atoms with Gasteiger partial charge in [-0.2, -0.15) is 8.42 Å². The van der Waals surface area contributed by atoms with E-state index in [2.05, 4.69) is 17.9 Å². The van der Waals surface area contributed by atoms with E-state index in [9.17, 15) is 13.2 Å². The van der Waals surface area contributed by atoms with Gasteiger partial charge in [-0.3, -0.25) is 9.69 Å². The first-order valence-corrected chi connectivity index (χ1v) is 16.0. The standard InChI is InChI=1S/C27H33ClN2O5S3/c1-4-6-7-8-9-10-11-17-35-21-13-12-20(18-22(21)34-3)19-23-26(31)30(16-5-2)27(36-23)29-38(32,33)25-15-14-24(28)37-25/h5,12-15,18-19H,2,4,6-11,16-17H2,1,3H3. The van der Waals surface area contributed by atoms with Gasteiger partial charge in [0.15, 0.2) is 16.7 Å². The second-order valence-electron chi connectivity index (χ2n) is 8.60. The van der Waals surface area contributed by atoms with E-state index >= 15 is 0 Å². The molecule has 1 aromatic carbocycles. The number of hydrogen-bond acceptors (Lipinski definition) is 7. The van der Waals surface area contributed by atoms with Crippen LogP contribution in [0, 0.1) is 0 Å². The van der Waals surface area contributed by atoms with Crippen LogP contribution in [0.3, 0.4) is 0 Å². The average molecular weight is 597 g/mol. The number of nitrogens with zero attached hydrogens (tertiary/aromatic N) is 2. The highest BCUT2D eigenvalue weighted by Gasteiger charge is 2.34. The molecule has 0 N–H and O–H groups in total. The zero-order chi connectivity index (χ0) is 27.5. The Hall–Kier alpha value is -2.27. The van der Waals surface area contributed by atoms with Gasteiger partial charge < -0.3 is 9.47 Å². The first kappa shape index (κ1) is 30.3. The third-order valence-electron chi connectivity index (χ3n) is 5.69. The predicted molar refractivity (Wildman–Crippen MR) is 158 cm³/mol. The van der Waals surface area contributed by atoms with Crippen LogP contribution in [0.5, 0.6) is 11.5 Å². The molecule has 2 heterocycles. The maximum Gasteiger partial charge on any atom is 0.294 e. The molecular weight excluding hydrogens is 564 g/mol. The fraction of sp³-hybridized carbons (Fsp3) is 0.407. The van der Waals surface area contributed by atoms with Crippen molar-refractivity contribution in [3.63, 3.8) is 0 Å². The van der Waals surface area contributed by atoms with E-state index in [0.717, 1.165) is 35.9 Å². The number of carbonyl (C=O) groups is 1. The molecule has 1 aliphatic heterocycles. The van der Waals surface area contributed by atoms with Crippen LogP contribution in [0.4, 0.5) is 0 Å². The summed E-state index contributed by atoms with van der Waals surface area (Å²) in [6.45, 7) is 6.62. The average Bonchev–Trinajstić information content (AvgIpc) is 3.45. The first-order valence-electron chi connectivity index (χ1n) is 12.5. The fourth-order valence-electron chi connectivity index (χ4n) is 3.74. The molecule has 1 aromatic heterocycles. The molecule has 38 heavy (non-hydrogen) atoms. The summed E-state index contributed by atoms with van der Waals surface area (Å²) in [6, 6.07) is 8.33. The molecule has 1 amide bonds. The Morgan fingerprint density at radius 1 is 1.08 bits per heavy atom. The Kier molecular flexibility index (Phi) is 11.8. The van der Waals surface area contributed by atoms with Gasteiger partial charge in [-0.05, 0) is 54.1 Å². The smallest absolute Gasteiger partial charge is 0.294 e. The molecule has 2 aromatic rings. The van der Waals surface area contributed by atoms with Crippen molar-refractivity contribution in [2.45, 2.75) is 56.1 Å². The number of sulfonamides is 1. The number of amides is 1. The second-order valence-corrected chi connectivity index (χ2v) is 13.2. The van der Waals surface area contributed by atoms with Gasteiger partial charge in [0.2, 0.25) is 0 Å². The lowest BCUT2D eigenvalue weighted by molar-refractivity contribution is -0.121. The van der Waals surface area contributed by atoms with Gasteiger partial charge >= 0.3 is 0 Å². The number of carbonyl (C=O) groups excluding carboxylic acids is 1. The van der Waals surface area contributed by atoms with Crippen molar-refractivity contribution in [3.8, 4) is 11.5 Å². The maximum atomic E-state index is 13.1. The van der Waals surface area contributed by atoms with Gasteiger partial charge in [-0.25, -0.2) is 0 Å². The number of thioether (sulfide) groups is 1. The van der Waals surface area contributed by atoms with Crippen LogP contribution >= 0.6 is 34.7 Å². The van der Waals surface area contributed by atoms with Gasteiger partial charge in [0.25, 0.3) is 15.9 Å². The fourth-order valence-corrected chi connectivity index (χ4v) is 7.39. The Morgan fingerprint density at radius 2 is 1.82 bits per heavy atom. The molecule has 1 saturated heterocycles. The van der Waals surface area contributed by atoms with Crippen molar-refractivity contribution in [1.29, 1.82) is 0 Å². The van der Waals surface area contributed by atoms with Gasteiger partial charge in [0.1, 0.15) is 4.21 Å². The second kappa shape index (κ2) is 14.8. The third-order valence-corrected chi connectivity index (χ3v) is 9.78. The Labute approximate surface area is 238 Å². The van der Waals surface area contributed by atoms with Crippen molar-refractivity contribution >= 4 is 61.9 Å². The van der Waals surface area contributed by atoms with Crippen molar-refractivity contribution < 1.29 is 22.7 Å². The summed E-state index contributed by atoms with van der Waals surface area (Å²) < 4.78 is 41.3. The summed E-state index contributed by atoms with van der Waals surface area (Å²) in [7, 11) is -2.45. The summed E-state index contributed by atoms with van der Waals surface area (Å²) >= 11 is 7.80. The van der Waals surface area contributed by atoms with Crippen LogP contribution in [0.15, 0.2) is 56.5 Å². The van der Waals surface area contributed by atoms with Gasteiger partial charge in [0, 0.05) is 6.54 Å². The largest absolute Gasteiger partial charge is 0.493 e. The molecule has 0 unspecified atom stereocenters. The van der Waals surface area contributed by atoms with E-state index in [1.807, 2.05) is 12.1 Å². The van der Waals surface area contributed by atoms with Crippen molar-refractivity contribution in [2.24, 2.45) is 4.40 Å². The number of methoxy groups -OCH3 is 1. The first-order chi connectivity index (χ1) is 18.3. The van der Waals surface area contributed by atoms with E-state index in [1.54, 1.807) is 19.3 Å². The number of ether oxygens (including phenoxy) is 2. The van der Waals surface area contributed by atoms with Gasteiger partial charge in [-0.1, -0.05) is 69.2 Å². The quantitative estimate of drug-likeness (QED) is 0.121. The molecular formula is C27H33ClN2O5S3. The zero-order valence-corrected chi connectivity index (χ0v) is 24.9.